The molecular formula is C18H34O2. The number of unbranched alkanes of at least 4 members (excludes halogenated alkanes) is 1. The van der Waals surface area contributed by atoms with Crippen molar-refractivity contribution >= 4 is 0 Å². The molecule has 2 aliphatic rings. The van der Waals surface area contributed by atoms with Crippen molar-refractivity contribution < 1.29 is 9.84 Å². The van der Waals surface area contributed by atoms with Gasteiger partial charge in [0.25, 0.3) is 0 Å². The molecule has 20 heavy (non-hydrogen) atoms. The van der Waals surface area contributed by atoms with Crippen LogP contribution in [0.3, 0.4) is 0 Å². The van der Waals surface area contributed by atoms with E-state index in [1.165, 1.54) is 51.4 Å². The lowest BCUT2D eigenvalue weighted by molar-refractivity contribution is -0.0548. The summed E-state index contributed by atoms with van der Waals surface area (Å²) >= 11 is 0. The van der Waals surface area contributed by atoms with Gasteiger partial charge in [-0.3, -0.25) is 0 Å². The van der Waals surface area contributed by atoms with E-state index >= 15 is 0 Å². The van der Waals surface area contributed by atoms with Crippen molar-refractivity contribution in [3.05, 3.63) is 0 Å². The van der Waals surface area contributed by atoms with Gasteiger partial charge in [-0.15, -0.1) is 0 Å². The van der Waals surface area contributed by atoms with Gasteiger partial charge in [-0.1, -0.05) is 26.2 Å². The molecule has 2 nitrogen and oxygen atoms in total. The van der Waals surface area contributed by atoms with Crippen LogP contribution in [0.4, 0.5) is 0 Å². The molecule has 1 saturated carbocycles. The van der Waals surface area contributed by atoms with Gasteiger partial charge in [0.15, 0.2) is 0 Å². The molecule has 1 saturated heterocycles. The van der Waals surface area contributed by atoms with Crippen molar-refractivity contribution in [3.8, 4) is 0 Å². The van der Waals surface area contributed by atoms with E-state index in [9.17, 15) is 5.11 Å². The highest BCUT2D eigenvalue weighted by atomic mass is 16.5. The first kappa shape index (κ1) is 16.3. The summed E-state index contributed by atoms with van der Waals surface area (Å²) in [6, 6.07) is 0. The molecule has 0 aromatic heterocycles. The number of aliphatic hydroxyl groups is 1. The van der Waals surface area contributed by atoms with Gasteiger partial charge in [0, 0.05) is 6.61 Å². The molecule has 2 rings (SSSR count). The second kappa shape index (κ2) is 6.79. The minimum absolute atomic E-state index is 0.0552. The van der Waals surface area contributed by atoms with E-state index in [4.69, 9.17) is 4.74 Å². The fourth-order valence-electron chi connectivity index (χ4n) is 4.20. The molecule has 1 unspecified atom stereocenters. The predicted octanol–water partition coefficient (Wildman–Crippen LogP) is 4.69. The highest BCUT2D eigenvalue weighted by molar-refractivity contribution is 4.91. The molecule has 2 fully saturated rings. The standard InChI is InChI=1S/C18H34O2/c1-4-5-6-15-7-11-18(14-19,12-8-15)13-16-9-10-17(2,3)20-16/h15-16,19H,4-14H2,1-3H3. The van der Waals surface area contributed by atoms with Gasteiger partial charge < -0.3 is 9.84 Å². The molecule has 1 aliphatic carbocycles. The molecule has 0 amide bonds. The van der Waals surface area contributed by atoms with Crippen molar-refractivity contribution in [1.82, 2.24) is 0 Å². The summed E-state index contributed by atoms with van der Waals surface area (Å²) in [7, 11) is 0. The van der Waals surface area contributed by atoms with Crippen molar-refractivity contribution in [2.75, 3.05) is 6.61 Å². The Balaban J connectivity index is 1.83. The van der Waals surface area contributed by atoms with Crippen LogP contribution in [0.5, 0.6) is 0 Å². The van der Waals surface area contributed by atoms with Crippen molar-refractivity contribution in [3.63, 3.8) is 0 Å². The van der Waals surface area contributed by atoms with Gasteiger partial charge in [-0.05, 0) is 70.1 Å². The van der Waals surface area contributed by atoms with Crippen molar-refractivity contribution in [2.45, 2.75) is 96.7 Å². The molecule has 0 bridgehead atoms. The average molecular weight is 282 g/mol. The number of rotatable bonds is 6. The molecule has 118 valence electrons. The molecule has 0 radical (unpaired) electrons. The molecule has 1 atom stereocenters. The van der Waals surface area contributed by atoms with Gasteiger partial charge in [0.1, 0.15) is 0 Å². The van der Waals surface area contributed by atoms with E-state index in [2.05, 4.69) is 20.8 Å². The summed E-state index contributed by atoms with van der Waals surface area (Å²) in [5.74, 6) is 0.913. The van der Waals surface area contributed by atoms with E-state index < -0.39 is 0 Å². The zero-order chi connectivity index (χ0) is 14.6. The van der Waals surface area contributed by atoms with Crippen LogP contribution < -0.4 is 0 Å². The topological polar surface area (TPSA) is 29.5 Å². The number of hydrogen-bond acceptors (Lipinski definition) is 2. The Labute approximate surface area is 125 Å². The molecule has 1 aliphatic heterocycles. The van der Waals surface area contributed by atoms with Crippen molar-refractivity contribution in [1.29, 1.82) is 0 Å². The van der Waals surface area contributed by atoms with Crippen LogP contribution in [0.15, 0.2) is 0 Å². The number of hydrogen-bond donors (Lipinski definition) is 1. The Hall–Kier alpha value is -0.0800. The van der Waals surface area contributed by atoms with E-state index in [1.54, 1.807) is 0 Å². The number of aliphatic hydroxyl groups excluding tert-OH is 1. The zero-order valence-corrected chi connectivity index (χ0v) is 13.8. The summed E-state index contributed by atoms with van der Waals surface area (Å²) in [5.41, 5.74) is 0.216. The second-order valence-electron chi connectivity index (χ2n) is 7.99. The Morgan fingerprint density at radius 3 is 2.30 bits per heavy atom. The fraction of sp³-hybridized carbons (Fsp3) is 1.00. The third-order valence-electron chi connectivity index (χ3n) is 5.68. The van der Waals surface area contributed by atoms with E-state index in [1.807, 2.05) is 0 Å². The molecular weight excluding hydrogens is 248 g/mol. The summed E-state index contributed by atoms with van der Waals surface area (Å²) in [6.45, 7) is 7.02. The van der Waals surface area contributed by atoms with Gasteiger partial charge in [-0.25, -0.2) is 0 Å². The van der Waals surface area contributed by atoms with Gasteiger partial charge in [0.2, 0.25) is 0 Å². The second-order valence-corrected chi connectivity index (χ2v) is 7.99. The fourth-order valence-corrected chi connectivity index (χ4v) is 4.20. The third kappa shape index (κ3) is 4.21. The Morgan fingerprint density at radius 1 is 1.10 bits per heavy atom. The molecule has 0 aromatic rings. The minimum Gasteiger partial charge on any atom is -0.396 e. The maximum atomic E-state index is 9.94. The molecule has 0 spiro atoms. The van der Waals surface area contributed by atoms with Crippen LogP contribution in [0.25, 0.3) is 0 Å². The highest BCUT2D eigenvalue weighted by Gasteiger charge is 2.40. The SMILES string of the molecule is CCCCC1CCC(CO)(CC2CCC(C)(C)O2)CC1. The lowest BCUT2D eigenvalue weighted by atomic mass is 9.67. The largest absolute Gasteiger partial charge is 0.396 e. The zero-order valence-electron chi connectivity index (χ0n) is 13.8. The first-order valence-electron chi connectivity index (χ1n) is 8.77. The minimum atomic E-state index is 0.0552. The monoisotopic (exact) mass is 282 g/mol. The Kier molecular flexibility index (Phi) is 5.53. The summed E-state index contributed by atoms with van der Waals surface area (Å²) in [4.78, 5) is 0. The van der Waals surface area contributed by atoms with E-state index in [0.29, 0.717) is 12.7 Å². The van der Waals surface area contributed by atoms with Gasteiger partial charge in [0.05, 0.1) is 11.7 Å². The molecule has 2 heteroatoms. The quantitative estimate of drug-likeness (QED) is 0.765. The maximum absolute atomic E-state index is 9.94. The van der Waals surface area contributed by atoms with Crippen molar-refractivity contribution in [2.24, 2.45) is 11.3 Å². The summed E-state index contributed by atoms with van der Waals surface area (Å²) < 4.78 is 6.16. The lowest BCUT2D eigenvalue weighted by Crippen LogP contribution is -2.35. The first-order chi connectivity index (χ1) is 9.49. The molecule has 1 N–H and O–H groups in total. The van der Waals surface area contributed by atoms with Crippen LogP contribution in [0.1, 0.15) is 85.0 Å². The Morgan fingerprint density at radius 2 is 1.80 bits per heavy atom. The Bertz CT molecular complexity index is 290. The van der Waals surface area contributed by atoms with Crippen LogP contribution in [0.2, 0.25) is 0 Å². The predicted molar refractivity (Wildman–Crippen MR) is 83.8 cm³/mol. The molecule has 1 heterocycles. The summed E-state index contributed by atoms with van der Waals surface area (Å²) in [6.07, 6.45) is 12.9. The van der Waals surface area contributed by atoms with Crippen LogP contribution in [-0.2, 0) is 4.74 Å². The van der Waals surface area contributed by atoms with Crippen LogP contribution in [0, 0.1) is 11.3 Å². The van der Waals surface area contributed by atoms with Gasteiger partial charge >= 0.3 is 0 Å². The molecule has 0 aromatic carbocycles. The van der Waals surface area contributed by atoms with E-state index in [-0.39, 0.29) is 11.0 Å². The summed E-state index contributed by atoms with van der Waals surface area (Å²) in [5, 5.41) is 9.94. The lowest BCUT2D eigenvalue weighted by Gasteiger charge is -2.40. The van der Waals surface area contributed by atoms with Crippen LogP contribution in [-0.4, -0.2) is 23.4 Å². The number of ether oxygens (including phenoxy) is 1. The van der Waals surface area contributed by atoms with Gasteiger partial charge in [-0.2, -0.15) is 0 Å². The normalized spacial score (nSPS) is 37.2. The third-order valence-corrected chi connectivity index (χ3v) is 5.68. The van der Waals surface area contributed by atoms with Crippen LogP contribution >= 0.6 is 0 Å². The smallest absolute Gasteiger partial charge is 0.0631 e. The average Bonchev–Trinajstić information content (AvgIpc) is 2.77. The van der Waals surface area contributed by atoms with E-state index in [0.717, 1.165) is 18.8 Å². The first-order valence-corrected chi connectivity index (χ1v) is 8.77. The maximum Gasteiger partial charge on any atom is 0.0631 e. The highest BCUT2D eigenvalue weighted by Crippen LogP contribution is 2.46.